The van der Waals surface area contributed by atoms with E-state index in [4.69, 9.17) is 8.83 Å². The third-order valence-electron chi connectivity index (χ3n) is 9.85. The molecule has 2 heterocycles. The van der Waals surface area contributed by atoms with E-state index >= 15 is 0 Å². The summed E-state index contributed by atoms with van der Waals surface area (Å²) < 4.78 is 12.6. The molecule has 0 amide bonds. The highest BCUT2D eigenvalue weighted by molar-refractivity contribution is 6.13. The number of anilines is 3. The zero-order valence-electron chi connectivity index (χ0n) is 27.7. The number of benzene rings is 8. The molecule has 240 valence electrons. The topological polar surface area (TPSA) is 29.5 Å². The van der Waals surface area contributed by atoms with Crippen LogP contribution in [0.15, 0.2) is 197 Å². The lowest BCUT2D eigenvalue weighted by atomic mass is 9.97. The maximum Gasteiger partial charge on any atom is 0.137 e. The smallest absolute Gasteiger partial charge is 0.137 e. The van der Waals surface area contributed by atoms with Crippen LogP contribution in [0.5, 0.6) is 0 Å². The molecule has 10 aromatic rings. The lowest BCUT2D eigenvalue weighted by Crippen LogP contribution is -2.10. The Hall–Kier alpha value is -6.84. The Morgan fingerprint density at radius 2 is 0.824 bits per heavy atom. The Balaban J connectivity index is 1.18. The Bertz CT molecular complexity index is 2790. The van der Waals surface area contributed by atoms with Crippen molar-refractivity contribution in [2.24, 2.45) is 0 Å². The van der Waals surface area contributed by atoms with Gasteiger partial charge in [0.15, 0.2) is 0 Å². The van der Waals surface area contributed by atoms with E-state index in [2.05, 4.69) is 169 Å². The van der Waals surface area contributed by atoms with E-state index in [1.807, 2.05) is 24.3 Å². The van der Waals surface area contributed by atoms with Crippen molar-refractivity contribution in [2.75, 3.05) is 4.90 Å². The van der Waals surface area contributed by atoms with Gasteiger partial charge in [0.2, 0.25) is 0 Å². The molecule has 3 nitrogen and oxygen atoms in total. The van der Waals surface area contributed by atoms with Crippen LogP contribution in [-0.4, -0.2) is 0 Å². The second kappa shape index (κ2) is 11.9. The number of rotatable bonds is 6. The van der Waals surface area contributed by atoms with Crippen molar-refractivity contribution in [3.05, 3.63) is 188 Å². The van der Waals surface area contributed by atoms with E-state index in [0.29, 0.717) is 0 Å². The summed E-state index contributed by atoms with van der Waals surface area (Å²) in [5, 5.41) is 4.44. The first-order valence-electron chi connectivity index (χ1n) is 17.2. The third-order valence-corrected chi connectivity index (χ3v) is 9.85. The molecule has 0 unspecified atom stereocenters. The van der Waals surface area contributed by atoms with Crippen molar-refractivity contribution in [1.29, 1.82) is 0 Å². The summed E-state index contributed by atoms with van der Waals surface area (Å²) >= 11 is 0. The minimum absolute atomic E-state index is 0.858. The molecule has 10 rings (SSSR count). The molecule has 0 aliphatic rings. The van der Waals surface area contributed by atoms with Gasteiger partial charge in [-0.2, -0.15) is 0 Å². The normalized spacial score (nSPS) is 11.5. The molecule has 51 heavy (non-hydrogen) atoms. The standard InChI is InChI=1S/C48H31NO2/c1-3-12-32(13-4-1)36-28-37(33-14-5-2-6-15-33)30-39(29-36)49(43-18-11-21-46-48(43)42-17-8-10-20-45(42)50-46)38-25-22-34(23-26-38)35-24-27-41-40-16-7-9-19-44(40)51-47(41)31-35/h1-31H. The summed E-state index contributed by atoms with van der Waals surface area (Å²) in [4.78, 5) is 2.37. The van der Waals surface area contributed by atoms with Gasteiger partial charge in [-0.1, -0.05) is 121 Å². The van der Waals surface area contributed by atoms with Gasteiger partial charge >= 0.3 is 0 Å². The zero-order chi connectivity index (χ0) is 33.7. The third kappa shape index (κ3) is 5.06. The fraction of sp³-hybridized carbons (Fsp3) is 0. The quantitative estimate of drug-likeness (QED) is 0.179. The Morgan fingerprint density at radius 1 is 0.294 bits per heavy atom. The van der Waals surface area contributed by atoms with Crippen LogP contribution in [0.4, 0.5) is 17.1 Å². The molecule has 0 atom stereocenters. The summed E-state index contributed by atoms with van der Waals surface area (Å²) in [6.45, 7) is 0. The average Bonchev–Trinajstić information content (AvgIpc) is 3.77. The number of nitrogens with zero attached hydrogens (tertiary/aromatic N) is 1. The molecule has 3 heteroatoms. The highest BCUT2D eigenvalue weighted by Gasteiger charge is 2.21. The monoisotopic (exact) mass is 653 g/mol. The van der Waals surface area contributed by atoms with Gasteiger partial charge in [0.05, 0.1) is 11.1 Å². The first-order chi connectivity index (χ1) is 25.3. The number of fused-ring (bicyclic) bond motifs is 6. The predicted octanol–water partition coefficient (Wildman–Crippen LogP) is 14.0. The molecule has 0 aliphatic heterocycles. The van der Waals surface area contributed by atoms with Gasteiger partial charge in [0, 0.05) is 27.5 Å². The molecule has 0 aliphatic carbocycles. The Morgan fingerprint density at radius 3 is 1.53 bits per heavy atom. The van der Waals surface area contributed by atoms with E-state index in [1.54, 1.807) is 0 Å². The fourth-order valence-corrected chi connectivity index (χ4v) is 7.41. The van der Waals surface area contributed by atoms with E-state index in [9.17, 15) is 0 Å². The largest absolute Gasteiger partial charge is 0.456 e. The van der Waals surface area contributed by atoms with Gasteiger partial charge in [0.25, 0.3) is 0 Å². The van der Waals surface area contributed by atoms with Crippen molar-refractivity contribution >= 4 is 60.9 Å². The molecule has 0 N–H and O–H groups in total. The zero-order valence-corrected chi connectivity index (χ0v) is 27.7. The van der Waals surface area contributed by atoms with Crippen LogP contribution >= 0.6 is 0 Å². The molecular weight excluding hydrogens is 623 g/mol. The minimum Gasteiger partial charge on any atom is -0.456 e. The van der Waals surface area contributed by atoms with Gasteiger partial charge in [-0.25, -0.2) is 0 Å². The van der Waals surface area contributed by atoms with Crippen molar-refractivity contribution in [3.63, 3.8) is 0 Å². The molecule has 0 saturated heterocycles. The van der Waals surface area contributed by atoms with Gasteiger partial charge in [-0.05, 0) is 100 Å². The first-order valence-corrected chi connectivity index (χ1v) is 17.2. The summed E-state index contributed by atoms with van der Waals surface area (Å²) in [7, 11) is 0. The molecule has 0 fully saturated rings. The number of furan rings is 2. The number of para-hydroxylation sites is 2. The van der Waals surface area contributed by atoms with Gasteiger partial charge in [-0.15, -0.1) is 0 Å². The SMILES string of the molecule is c1ccc(-c2cc(-c3ccccc3)cc(N(c3ccc(-c4ccc5c(c4)oc4ccccc45)cc3)c3cccc4oc5ccccc5c34)c2)cc1. The van der Waals surface area contributed by atoms with Crippen molar-refractivity contribution in [1.82, 2.24) is 0 Å². The highest BCUT2D eigenvalue weighted by Crippen LogP contribution is 2.45. The highest BCUT2D eigenvalue weighted by atomic mass is 16.3. The average molecular weight is 654 g/mol. The molecule has 8 aromatic carbocycles. The number of hydrogen-bond donors (Lipinski definition) is 0. The number of hydrogen-bond acceptors (Lipinski definition) is 3. The molecule has 0 radical (unpaired) electrons. The van der Waals surface area contributed by atoms with Crippen LogP contribution in [0.2, 0.25) is 0 Å². The van der Waals surface area contributed by atoms with Gasteiger partial charge in [0.1, 0.15) is 22.3 Å². The van der Waals surface area contributed by atoms with Crippen molar-refractivity contribution < 1.29 is 8.83 Å². The molecule has 0 saturated carbocycles. The van der Waals surface area contributed by atoms with Crippen LogP contribution in [-0.2, 0) is 0 Å². The van der Waals surface area contributed by atoms with E-state index in [1.165, 1.54) is 11.1 Å². The van der Waals surface area contributed by atoms with E-state index in [0.717, 1.165) is 83.2 Å². The van der Waals surface area contributed by atoms with Crippen LogP contribution in [0.3, 0.4) is 0 Å². The van der Waals surface area contributed by atoms with Crippen LogP contribution in [0.1, 0.15) is 0 Å². The second-order valence-electron chi connectivity index (χ2n) is 12.9. The summed E-state index contributed by atoms with van der Waals surface area (Å²) in [5.41, 5.74) is 13.6. The van der Waals surface area contributed by atoms with Crippen LogP contribution in [0.25, 0.3) is 77.3 Å². The molecule has 0 spiro atoms. The molecule has 2 aromatic heterocycles. The van der Waals surface area contributed by atoms with Gasteiger partial charge < -0.3 is 13.7 Å². The van der Waals surface area contributed by atoms with Crippen LogP contribution in [0, 0.1) is 0 Å². The second-order valence-corrected chi connectivity index (χ2v) is 12.9. The van der Waals surface area contributed by atoms with Gasteiger partial charge in [-0.3, -0.25) is 0 Å². The summed E-state index contributed by atoms with van der Waals surface area (Å²) in [6, 6.07) is 66.3. The minimum atomic E-state index is 0.858. The first kappa shape index (κ1) is 29.1. The predicted molar refractivity (Wildman–Crippen MR) is 212 cm³/mol. The maximum atomic E-state index is 6.40. The molecule has 0 bridgehead atoms. The Kier molecular flexibility index (Phi) is 6.81. The summed E-state index contributed by atoms with van der Waals surface area (Å²) in [6.07, 6.45) is 0. The van der Waals surface area contributed by atoms with E-state index < -0.39 is 0 Å². The Labute approximate surface area is 295 Å². The maximum absolute atomic E-state index is 6.40. The summed E-state index contributed by atoms with van der Waals surface area (Å²) in [5.74, 6) is 0. The lowest BCUT2D eigenvalue weighted by Gasteiger charge is -2.28. The van der Waals surface area contributed by atoms with Crippen molar-refractivity contribution in [3.8, 4) is 33.4 Å². The van der Waals surface area contributed by atoms with E-state index in [-0.39, 0.29) is 0 Å². The van der Waals surface area contributed by atoms with Crippen molar-refractivity contribution in [2.45, 2.75) is 0 Å². The lowest BCUT2D eigenvalue weighted by molar-refractivity contribution is 0.668. The molecular formula is C48H31NO2. The fourth-order valence-electron chi connectivity index (χ4n) is 7.41. The van der Waals surface area contributed by atoms with Crippen LogP contribution < -0.4 is 4.90 Å².